The number of β-amino-alcohol motifs (C(OH)–C–C–N with tert-alkyl or cyclic N) is 1. The molecule has 1 heterocycles. The third kappa shape index (κ3) is 2.97. The summed E-state index contributed by atoms with van der Waals surface area (Å²) in [5, 5.41) is 9.20. The highest BCUT2D eigenvalue weighted by Gasteiger charge is 2.27. The van der Waals surface area contributed by atoms with Gasteiger partial charge in [0.25, 0.3) is 0 Å². The van der Waals surface area contributed by atoms with Crippen molar-refractivity contribution in [3.05, 3.63) is 6.42 Å². The second-order valence-electron chi connectivity index (χ2n) is 3.58. The first-order valence-corrected chi connectivity index (χ1v) is 4.64. The van der Waals surface area contributed by atoms with Crippen molar-refractivity contribution in [3.63, 3.8) is 0 Å². The fourth-order valence-corrected chi connectivity index (χ4v) is 1.69. The molecule has 4 nitrogen and oxygen atoms in total. The molecular formula is C9H17N2O2. The number of aliphatic hydroxyl groups is 1. The average molecular weight is 185 g/mol. The molecule has 1 aliphatic heterocycles. The summed E-state index contributed by atoms with van der Waals surface area (Å²) in [7, 11) is 0. The number of primary amides is 1. The Morgan fingerprint density at radius 1 is 1.85 bits per heavy atom. The third-order valence-corrected chi connectivity index (χ3v) is 2.28. The van der Waals surface area contributed by atoms with E-state index >= 15 is 0 Å². The number of nitrogens with zero attached hydrogens (tertiary/aromatic N) is 1. The van der Waals surface area contributed by atoms with Crippen molar-refractivity contribution >= 4 is 5.91 Å². The standard InChI is InChI=1S/C9H17N2O2/c1-7(12)6-11-5-3-2-4-8(11)9(10)13/h2,7-8,12H,3-6H2,1H3,(H2,10,13)/t7-,8?/m0/s1. The zero-order chi connectivity index (χ0) is 9.84. The van der Waals surface area contributed by atoms with Gasteiger partial charge < -0.3 is 10.8 Å². The van der Waals surface area contributed by atoms with Crippen LogP contribution in [0.3, 0.4) is 0 Å². The SMILES string of the molecule is C[C@H](O)CN1CC[CH]CC1C(N)=O. The second-order valence-corrected chi connectivity index (χ2v) is 3.58. The van der Waals surface area contributed by atoms with Gasteiger partial charge in [0, 0.05) is 6.54 Å². The molecule has 13 heavy (non-hydrogen) atoms. The van der Waals surface area contributed by atoms with Gasteiger partial charge in [0.05, 0.1) is 12.1 Å². The van der Waals surface area contributed by atoms with Crippen LogP contribution in [-0.2, 0) is 4.79 Å². The van der Waals surface area contributed by atoms with Gasteiger partial charge >= 0.3 is 0 Å². The minimum atomic E-state index is -0.403. The lowest BCUT2D eigenvalue weighted by atomic mass is 10.0. The van der Waals surface area contributed by atoms with E-state index in [9.17, 15) is 9.90 Å². The summed E-state index contributed by atoms with van der Waals surface area (Å²) in [5.74, 6) is -0.295. The normalized spacial score (nSPS) is 27.1. The van der Waals surface area contributed by atoms with Gasteiger partial charge in [-0.3, -0.25) is 9.69 Å². The van der Waals surface area contributed by atoms with Gasteiger partial charge in [-0.2, -0.15) is 0 Å². The van der Waals surface area contributed by atoms with E-state index in [1.54, 1.807) is 6.92 Å². The highest BCUT2D eigenvalue weighted by Crippen LogP contribution is 2.15. The van der Waals surface area contributed by atoms with Crippen molar-refractivity contribution in [1.29, 1.82) is 0 Å². The highest BCUT2D eigenvalue weighted by molar-refractivity contribution is 5.80. The largest absolute Gasteiger partial charge is 0.392 e. The molecule has 0 spiro atoms. The molecule has 3 N–H and O–H groups in total. The zero-order valence-corrected chi connectivity index (χ0v) is 7.94. The fourth-order valence-electron chi connectivity index (χ4n) is 1.69. The van der Waals surface area contributed by atoms with E-state index in [4.69, 9.17) is 5.73 Å². The summed E-state index contributed by atoms with van der Waals surface area (Å²) in [6.45, 7) is 3.07. The van der Waals surface area contributed by atoms with Crippen molar-refractivity contribution in [2.24, 2.45) is 5.73 Å². The molecular weight excluding hydrogens is 168 g/mol. The van der Waals surface area contributed by atoms with Crippen LogP contribution in [0.1, 0.15) is 19.8 Å². The number of nitrogens with two attached hydrogens (primary N) is 1. The van der Waals surface area contributed by atoms with E-state index in [2.05, 4.69) is 6.42 Å². The van der Waals surface area contributed by atoms with Crippen LogP contribution < -0.4 is 5.73 Å². The van der Waals surface area contributed by atoms with Crippen LogP contribution in [0, 0.1) is 6.42 Å². The summed E-state index contributed by atoms with van der Waals surface area (Å²) in [5.41, 5.74) is 5.25. The van der Waals surface area contributed by atoms with Gasteiger partial charge in [-0.1, -0.05) is 0 Å². The molecule has 1 unspecified atom stereocenters. The molecule has 2 atom stereocenters. The Bertz CT molecular complexity index is 182. The summed E-state index contributed by atoms with van der Waals surface area (Å²) in [6, 6.07) is -0.219. The first-order valence-electron chi connectivity index (χ1n) is 4.64. The van der Waals surface area contributed by atoms with E-state index in [1.165, 1.54) is 0 Å². The minimum Gasteiger partial charge on any atom is -0.392 e. The van der Waals surface area contributed by atoms with Crippen molar-refractivity contribution in [2.75, 3.05) is 13.1 Å². The van der Waals surface area contributed by atoms with Crippen molar-refractivity contribution in [1.82, 2.24) is 4.90 Å². The third-order valence-electron chi connectivity index (χ3n) is 2.28. The first-order chi connectivity index (χ1) is 6.11. The van der Waals surface area contributed by atoms with Crippen LogP contribution in [0.2, 0.25) is 0 Å². The monoisotopic (exact) mass is 185 g/mol. The lowest BCUT2D eigenvalue weighted by Crippen LogP contribution is -2.49. The van der Waals surface area contributed by atoms with Crippen molar-refractivity contribution in [3.8, 4) is 0 Å². The molecule has 0 aliphatic carbocycles. The lowest BCUT2D eigenvalue weighted by molar-refractivity contribution is -0.124. The first kappa shape index (κ1) is 10.5. The van der Waals surface area contributed by atoms with Crippen LogP contribution in [0.15, 0.2) is 0 Å². The van der Waals surface area contributed by atoms with Crippen LogP contribution in [0.5, 0.6) is 0 Å². The Morgan fingerprint density at radius 3 is 3.08 bits per heavy atom. The number of carbonyl (C=O) groups excluding carboxylic acids is 1. The molecule has 1 amide bonds. The molecule has 75 valence electrons. The molecule has 1 saturated heterocycles. The summed E-state index contributed by atoms with van der Waals surface area (Å²) < 4.78 is 0. The second kappa shape index (κ2) is 4.58. The van der Waals surface area contributed by atoms with Crippen LogP contribution in [-0.4, -0.2) is 41.1 Å². The molecule has 1 radical (unpaired) electrons. The quantitative estimate of drug-likeness (QED) is 0.624. The van der Waals surface area contributed by atoms with Crippen LogP contribution in [0.25, 0.3) is 0 Å². The number of likely N-dealkylation sites (tertiary alicyclic amines) is 1. The van der Waals surface area contributed by atoms with E-state index in [-0.39, 0.29) is 11.9 Å². The van der Waals surface area contributed by atoms with Crippen molar-refractivity contribution in [2.45, 2.75) is 31.9 Å². The topological polar surface area (TPSA) is 66.6 Å². The molecule has 1 fully saturated rings. The molecule has 0 aromatic heterocycles. The van der Waals surface area contributed by atoms with Crippen LogP contribution in [0.4, 0.5) is 0 Å². The maximum absolute atomic E-state index is 11.0. The Balaban J connectivity index is 2.51. The number of amides is 1. The maximum atomic E-state index is 11.0. The van der Waals surface area contributed by atoms with Gasteiger partial charge in [-0.15, -0.1) is 0 Å². The average Bonchev–Trinajstić information content (AvgIpc) is 2.03. The predicted molar refractivity (Wildman–Crippen MR) is 49.8 cm³/mol. The van der Waals surface area contributed by atoms with Gasteiger partial charge in [-0.25, -0.2) is 0 Å². The molecule has 0 aromatic carbocycles. The number of carbonyl (C=O) groups is 1. The van der Waals surface area contributed by atoms with Gasteiger partial charge in [0.2, 0.25) is 5.91 Å². The smallest absolute Gasteiger partial charge is 0.234 e. The van der Waals surface area contributed by atoms with Crippen molar-refractivity contribution < 1.29 is 9.90 Å². The number of rotatable bonds is 3. The Kier molecular flexibility index (Phi) is 3.69. The molecule has 1 rings (SSSR count). The zero-order valence-electron chi connectivity index (χ0n) is 7.94. The predicted octanol–water partition coefficient (Wildman–Crippen LogP) is -0.479. The number of hydrogen-bond donors (Lipinski definition) is 2. The van der Waals surface area contributed by atoms with Gasteiger partial charge in [0.1, 0.15) is 0 Å². The van der Waals surface area contributed by atoms with E-state index < -0.39 is 6.10 Å². The summed E-state index contributed by atoms with van der Waals surface area (Å²) in [4.78, 5) is 13.0. The Morgan fingerprint density at radius 2 is 2.54 bits per heavy atom. The lowest BCUT2D eigenvalue weighted by Gasteiger charge is -2.34. The maximum Gasteiger partial charge on any atom is 0.234 e. The Hall–Kier alpha value is -0.610. The molecule has 0 bridgehead atoms. The molecule has 0 saturated carbocycles. The van der Waals surface area contributed by atoms with Gasteiger partial charge in [0.15, 0.2) is 0 Å². The van der Waals surface area contributed by atoms with E-state index in [0.717, 1.165) is 13.0 Å². The molecule has 4 heteroatoms. The molecule has 0 aromatic rings. The van der Waals surface area contributed by atoms with E-state index in [1.807, 2.05) is 4.90 Å². The van der Waals surface area contributed by atoms with Crippen LogP contribution >= 0.6 is 0 Å². The Labute approximate surface area is 78.7 Å². The van der Waals surface area contributed by atoms with Gasteiger partial charge in [-0.05, 0) is 32.7 Å². The molecule has 1 aliphatic rings. The number of aliphatic hydroxyl groups excluding tert-OH is 1. The number of hydrogen-bond acceptors (Lipinski definition) is 3. The minimum absolute atomic E-state index is 0.219. The highest BCUT2D eigenvalue weighted by atomic mass is 16.3. The summed E-state index contributed by atoms with van der Waals surface area (Å²) >= 11 is 0. The fraction of sp³-hybridized carbons (Fsp3) is 0.778. The summed E-state index contributed by atoms with van der Waals surface area (Å²) in [6.07, 6.45) is 3.35. The van der Waals surface area contributed by atoms with E-state index in [0.29, 0.717) is 13.0 Å². The number of piperidine rings is 1.